The monoisotopic (exact) mass is 540 g/mol. The second kappa shape index (κ2) is 7.84. The lowest BCUT2D eigenvalue weighted by Crippen LogP contribution is -2.53. The van der Waals surface area contributed by atoms with Gasteiger partial charge >= 0.3 is 0 Å². The molecule has 10 heteroatoms. The van der Waals surface area contributed by atoms with Gasteiger partial charge in [0, 0.05) is 34.8 Å². The molecule has 3 aromatic carbocycles. The minimum absolute atomic E-state index is 0.0728. The molecule has 0 saturated carbocycles. The van der Waals surface area contributed by atoms with Crippen molar-refractivity contribution in [2.24, 2.45) is 11.8 Å². The number of amides is 3. The molecular formula is C29H21ClN4O5. The largest absolute Gasteiger partial charge is 0.454 e. The van der Waals surface area contributed by atoms with Crippen LogP contribution in [0.25, 0.3) is 10.9 Å². The molecule has 4 atom stereocenters. The summed E-state index contributed by atoms with van der Waals surface area (Å²) < 4.78 is 10.9. The van der Waals surface area contributed by atoms with Crippen molar-refractivity contribution in [2.45, 2.75) is 18.0 Å². The van der Waals surface area contributed by atoms with Crippen LogP contribution in [0.15, 0.2) is 66.9 Å². The van der Waals surface area contributed by atoms with Gasteiger partial charge in [0.1, 0.15) is 5.54 Å². The highest BCUT2D eigenvalue weighted by molar-refractivity contribution is 6.35. The molecule has 0 radical (unpaired) electrons. The van der Waals surface area contributed by atoms with Crippen LogP contribution in [0.1, 0.15) is 11.1 Å². The Bertz CT molecular complexity index is 1750. The molecule has 8 rings (SSSR count). The number of hydrogen-bond acceptors (Lipinski definition) is 6. The van der Waals surface area contributed by atoms with E-state index in [-0.39, 0.29) is 12.7 Å². The van der Waals surface area contributed by atoms with Crippen LogP contribution in [0, 0.1) is 11.8 Å². The Morgan fingerprint density at radius 3 is 2.72 bits per heavy atom. The number of nitrogens with zero attached hydrogens (tertiary/aromatic N) is 1. The topological polar surface area (TPSA) is 113 Å². The average molecular weight is 541 g/mol. The Morgan fingerprint density at radius 1 is 0.974 bits per heavy atom. The Kier molecular flexibility index (Phi) is 4.55. The van der Waals surface area contributed by atoms with E-state index in [0.29, 0.717) is 39.9 Å². The Morgan fingerprint density at radius 2 is 1.82 bits per heavy atom. The molecule has 0 unspecified atom stereocenters. The van der Waals surface area contributed by atoms with Crippen molar-refractivity contribution < 1.29 is 23.9 Å². The molecule has 2 fully saturated rings. The lowest BCUT2D eigenvalue weighted by atomic mass is 9.76. The molecule has 1 spiro atoms. The van der Waals surface area contributed by atoms with E-state index in [1.807, 2.05) is 30.5 Å². The van der Waals surface area contributed by atoms with Gasteiger partial charge in [0.2, 0.25) is 24.5 Å². The number of nitrogens with one attached hydrogen (secondary N) is 3. The normalized spacial score (nSPS) is 26.5. The standard InChI is InChI=1S/C29H21ClN4O5/c30-18-6-3-5-17-25(18)32-28(37)29(17)24-23(20(33-29)10-14-12-31-19-7-2-1-4-16(14)19)26(35)34(27(24)36)15-8-9-21-22(11-15)39-13-38-21/h1-9,11-12,20,23-24,31,33H,10,13H2,(H,32,37)/t20-,23+,24+,29+/m1/s1. The van der Waals surface area contributed by atoms with Gasteiger partial charge in [-0.3, -0.25) is 19.7 Å². The van der Waals surface area contributed by atoms with E-state index in [0.717, 1.165) is 16.5 Å². The number of aromatic amines is 1. The van der Waals surface area contributed by atoms with Crippen LogP contribution in [0.3, 0.4) is 0 Å². The molecule has 4 aliphatic heterocycles. The third kappa shape index (κ3) is 2.91. The summed E-state index contributed by atoms with van der Waals surface area (Å²) in [7, 11) is 0. The summed E-state index contributed by atoms with van der Waals surface area (Å²) in [6, 6.07) is 17.6. The fourth-order valence-corrected chi connectivity index (χ4v) is 7.01. The molecule has 4 aromatic rings. The van der Waals surface area contributed by atoms with Gasteiger partial charge in [0.25, 0.3) is 0 Å². The maximum absolute atomic E-state index is 14.2. The van der Waals surface area contributed by atoms with Crippen molar-refractivity contribution in [2.75, 3.05) is 17.0 Å². The molecule has 39 heavy (non-hydrogen) atoms. The molecule has 194 valence electrons. The first-order valence-corrected chi connectivity index (χ1v) is 13.1. The van der Waals surface area contributed by atoms with Crippen molar-refractivity contribution in [3.05, 3.63) is 83.0 Å². The third-order valence-electron chi connectivity index (χ3n) is 8.43. The Hall–Kier alpha value is -4.34. The maximum Gasteiger partial charge on any atom is 0.250 e. The second-order valence-corrected chi connectivity index (χ2v) is 10.7. The molecule has 4 aliphatic rings. The van der Waals surface area contributed by atoms with Crippen molar-refractivity contribution in [3.63, 3.8) is 0 Å². The van der Waals surface area contributed by atoms with E-state index in [4.69, 9.17) is 21.1 Å². The number of carbonyl (C=O) groups is 3. The number of aromatic nitrogens is 1. The highest BCUT2D eigenvalue weighted by atomic mass is 35.5. The van der Waals surface area contributed by atoms with Crippen molar-refractivity contribution >= 4 is 51.6 Å². The third-order valence-corrected chi connectivity index (χ3v) is 8.74. The number of carbonyl (C=O) groups excluding carboxylic acids is 3. The number of ether oxygens (including phenoxy) is 2. The predicted octanol–water partition coefficient (Wildman–Crippen LogP) is 3.72. The summed E-state index contributed by atoms with van der Waals surface area (Å²) in [6.07, 6.45) is 2.35. The van der Waals surface area contributed by atoms with E-state index in [9.17, 15) is 14.4 Å². The van der Waals surface area contributed by atoms with Crippen LogP contribution in [0.2, 0.25) is 5.02 Å². The molecule has 3 amide bonds. The van der Waals surface area contributed by atoms with Gasteiger partial charge in [0.15, 0.2) is 11.5 Å². The van der Waals surface area contributed by atoms with Crippen LogP contribution >= 0.6 is 11.6 Å². The van der Waals surface area contributed by atoms with Crippen LogP contribution in [0.4, 0.5) is 11.4 Å². The summed E-state index contributed by atoms with van der Waals surface area (Å²) in [5.41, 5.74) is 1.94. The summed E-state index contributed by atoms with van der Waals surface area (Å²) >= 11 is 6.47. The zero-order chi connectivity index (χ0) is 26.5. The second-order valence-electron chi connectivity index (χ2n) is 10.3. The molecular weight excluding hydrogens is 520 g/mol. The first kappa shape index (κ1) is 22.6. The highest BCUT2D eigenvalue weighted by Crippen LogP contribution is 2.55. The molecule has 2 saturated heterocycles. The smallest absolute Gasteiger partial charge is 0.250 e. The lowest BCUT2D eigenvalue weighted by Gasteiger charge is -2.29. The van der Waals surface area contributed by atoms with E-state index < -0.39 is 35.2 Å². The predicted molar refractivity (Wildman–Crippen MR) is 143 cm³/mol. The van der Waals surface area contributed by atoms with Gasteiger partial charge in [-0.05, 0) is 36.2 Å². The van der Waals surface area contributed by atoms with Crippen LogP contribution < -0.4 is 25.0 Å². The number of H-pyrrole nitrogens is 1. The number of fused-ring (bicyclic) bond motifs is 6. The quantitative estimate of drug-likeness (QED) is 0.341. The van der Waals surface area contributed by atoms with Crippen molar-refractivity contribution in [1.82, 2.24) is 10.3 Å². The number of anilines is 2. The van der Waals surface area contributed by atoms with E-state index in [2.05, 4.69) is 15.6 Å². The Labute approximate surface area is 227 Å². The number of hydrogen-bond donors (Lipinski definition) is 3. The molecule has 5 heterocycles. The van der Waals surface area contributed by atoms with Gasteiger partial charge in [0.05, 0.1) is 28.2 Å². The van der Waals surface area contributed by atoms with Crippen LogP contribution in [0.5, 0.6) is 11.5 Å². The summed E-state index contributed by atoms with van der Waals surface area (Å²) in [4.78, 5) is 46.7. The first-order valence-electron chi connectivity index (χ1n) is 12.7. The summed E-state index contributed by atoms with van der Waals surface area (Å²) in [5.74, 6) is -1.94. The summed E-state index contributed by atoms with van der Waals surface area (Å²) in [6.45, 7) is 0.0728. The van der Waals surface area contributed by atoms with Gasteiger partial charge < -0.3 is 19.8 Å². The van der Waals surface area contributed by atoms with Crippen molar-refractivity contribution in [3.8, 4) is 11.5 Å². The average Bonchev–Trinajstić information content (AvgIpc) is 3.73. The minimum atomic E-state index is -1.44. The van der Waals surface area contributed by atoms with Gasteiger partial charge in [-0.15, -0.1) is 0 Å². The SMILES string of the molecule is O=C1[C@@H]2[C@@H](C(=O)N1c1ccc3c(c1)OCO3)[C@]1(N[C@@H]2Cc2c[nH]c3ccccc23)C(=O)Nc2c(Cl)cccc21. The molecule has 9 nitrogen and oxygen atoms in total. The molecule has 0 bridgehead atoms. The van der Waals surface area contributed by atoms with Crippen LogP contribution in [-0.2, 0) is 26.3 Å². The van der Waals surface area contributed by atoms with E-state index >= 15 is 0 Å². The number of para-hydroxylation sites is 2. The molecule has 3 N–H and O–H groups in total. The van der Waals surface area contributed by atoms with Crippen LogP contribution in [-0.4, -0.2) is 35.5 Å². The fourth-order valence-electron chi connectivity index (χ4n) is 6.78. The number of rotatable bonds is 3. The highest BCUT2D eigenvalue weighted by Gasteiger charge is 2.70. The van der Waals surface area contributed by atoms with Crippen molar-refractivity contribution in [1.29, 1.82) is 0 Å². The first-order chi connectivity index (χ1) is 19.0. The molecule has 1 aromatic heterocycles. The number of halogens is 1. The number of benzene rings is 3. The zero-order valence-corrected chi connectivity index (χ0v) is 21.1. The van der Waals surface area contributed by atoms with Gasteiger partial charge in [-0.1, -0.05) is 41.9 Å². The fraction of sp³-hybridized carbons (Fsp3) is 0.207. The van der Waals surface area contributed by atoms with E-state index in [1.54, 1.807) is 36.4 Å². The molecule has 0 aliphatic carbocycles. The number of imide groups is 1. The lowest BCUT2D eigenvalue weighted by molar-refractivity contribution is -0.130. The van der Waals surface area contributed by atoms with E-state index in [1.165, 1.54) is 4.90 Å². The van der Waals surface area contributed by atoms with Gasteiger partial charge in [-0.25, -0.2) is 4.90 Å². The van der Waals surface area contributed by atoms with Gasteiger partial charge in [-0.2, -0.15) is 0 Å². The zero-order valence-electron chi connectivity index (χ0n) is 20.4. The minimum Gasteiger partial charge on any atom is -0.454 e. The Balaban J connectivity index is 1.28. The maximum atomic E-state index is 14.2. The summed E-state index contributed by atoms with van der Waals surface area (Å²) in [5, 5.41) is 7.77.